The Bertz CT molecular complexity index is 1170. The molecule has 0 radical (unpaired) electrons. The number of nitrogens with zero attached hydrogens (tertiary/aromatic N) is 3. The molecule has 4 heterocycles. The van der Waals surface area contributed by atoms with Crippen molar-refractivity contribution in [1.82, 2.24) is 14.3 Å². The third kappa shape index (κ3) is 3.53. The van der Waals surface area contributed by atoms with Crippen LogP contribution in [0.4, 0.5) is 0 Å². The molecule has 4 rings (SSSR count). The number of aliphatic hydroxyl groups excluding tert-OH is 1. The maximum atomic E-state index is 13.1. The van der Waals surface area contributed by atoms with Crippen molar-refractivity contribution in [1.29, 1.82) is 0 Å². The van der Waals surface area contributed by atoms with Gasteiger partial charge in [0.2, 0.25) is 0 Å². The van der Waals surface area contributed by atoms with Crippen LogP contribution in [0.5, 0.6) is 0 Å². The summed E-state index contributed by atoms with van der Waals surface area (Å²) in [6.45, 7) is 4.95. The van der Waals surface area contributed by atoms with Gasteiger partial charge >= 0.3 is 0 Å². The Morgan fingerprint density at radius 3 is 2.68 bits per heavy atom. The number of Topliss-reactive ketones (excluding diaryl/α,β-unsaturated/α-hetero) is 1. The minimum Gasteiger partial charge on any atom is -0.505 e. The smallest absolute Gasteiger partial charge is 0.295 e. The van der Waals surface area contributed by atoms with Crippen LogP contribution in [0.25, 0.3) is 11.4 Å². The molecule has 162 valence electrons. The quantitative estimate of drug-likeness (QED) is 0.356. The van der Waals surface area contributed by atoms with Gasteiger partial charge in [-0.1, -0.05) is 6.07 Å². The average molecular weight is 423 g/mol. The zero-order valence-corrected chi connectivity index (χ0v) is 18.2. The molecule has 31 heavy (non-hydrogen) atoms. The first kappa shape index (κ1) is 20.9. The van der Waals surface area contributed by atoms with Crippen molar-refractivity contribution in [2.45, 2.75) is 26.3 Å². The third-order valence-corrected chi connectivity index (χ3v) is 5.67. The van der Waals surface area contributed by atoms with Gasteiger partial charge in [0.15, 0.2) is 5.76 Å². The van der Waals surface area contributed by atoms with Gasteiger partial charge in [0.05, 0.1) is 38.2 Å². The number of carbonyl (C=O) groups excluding carboxylic acids is 2. The molecule has 3 aromatic heterocycles. The molecule has 1 aliphatic rings. The van der Waals surface area contributed by atoms with E-state index in [1.165, 1.54) is 16.1 Å². The first-order chi connectivity index (χ1) is 14.8. The summed E-state index contributed by atoms with van der Waals surface area (Å²) in [6, 6.07) is 6.44. The van der Waals surface area contributed by atoms with E-state index in [9.17, 15) is 14.7 Å². The Morgan fingerprint density at radius 1 is 1.23 bits per heavy atom. The highest BCUT2D eigenvalue weighted by Crippen LogP contribution is 2.40. The highest BCUT2D eigenvalue weighted by molar-refractivity contribution is 6.46. The molecule has 0 aliphatic carbocycles. The predicted molar refractivity (Wildman–Crippen MR) is 115 cm³/mol. The lowest BCUT2D eigenvalue weighted by atomic mass is 10.0. The molecule has 0 unspecified atom stereocenters. The molecule has 8 heteroatoms. The molecule has 1 atom stereocenters. The van der Waals surface area contributed by atoms with Gasteiger partial charge in [-0.25, -0.2) is 4.98 Å². The molecule has 0 bridgehead atoms. The number of aryl methyl sites for hydroxylation is 2. The summed E-state index contributed by atoms with van der Waals surface area (Å²) >= 11 is 0. The predicted octanol–water partition coefficient (Wildman–Crippen LogP) is 1.50. The number of likely N-dealkylation sites (tertiary alicyclic amines) is 1. The van der Waals surface area contributed by atoms with Gasteiger partial charge in [-0.3, -0.25) is 14.0 Å². The second-order valence-electron chi connectivity index (χ2n) is 8.25. The molecule has 3 aromatic rings. The average Bonchev–Trinajstić information content (AvgIpc) is 3.41. The molecule has 0 saturated carbocycles. The summed E-state index contributed by atoms with van der Waals surface area (Å²) in [5.74, 6) is -1.13. The van der Waals surface area contributed by atoms with Gasteiger partial charge in [0.1, 0.15) is 23.1 Å². The van der Waals surface area contributed by atoms with Crippen LogP contribution in [-0.4, -0.2) is 58.3 Å². The lowest BCUT2D eigenvalue weighted by Crippen LogP contribution is -3.05. The van der Waals surface area contributed by atoms with Crippen molar-refractivity contribution in [2.75, 3.05) is 27.2 Å². The zero-order chi connectivity index (χ0) is 22.3. The van der Waals surface area contributed by atoms with E-state index in [0.717, 1.165) is 18.5 Å². The molecule has 1 fully saturated rings. The van der Waals surface area contributed by atoms with Crippen LogP contribution in [-0.2, 0) is 9.59 Å². The molecule has 0 aromatic carbocycles. The number of amides is 1. The molecular weight excluding hydrogens is 396 g/mol. The van der Waals surface area contributed by atoms with Gasteiger partial charge in [-0.15, -0.1) is 0 Å². The summed E-state index contributed by atoms with van der Waals surface area (Å²) in [5.41, 5.74) is 2.65. The number of quaternary nitrogens is 1. The number of ketones is 1. The van der Waals surface area contributed by atoms with Crippen molar-refractivity contribution in [3.63, 3.8) is 0 Å². The number of aromatic nitrogens is 2. The summed E-state index contributed by atoms with van der Waals surface area (Å²) in [4.78, 5) is 33.3. The van der Waals surface area contributed by atoms with Crippen LogP contribution < -0.4 is 4.90 Å². The zero-order valence-electron chi connectivity index (χ0n) is 18.2. The number of imidazole rings is 1. The van der Waals surface area contributed by atoms with Crippen LogP contribution in [0, 0.1) is 13.8 Å². The summed E-state index contributed by atoms with van der Waals surface area (Å²) in [5, 5.41) is 11.3. The summed E-state index contributed by atoms with van der Waals surface area (Å²) in [7, 11) is 4.07. The number of nitrogens with one attached hydrogen (secondary N) is 1. The van der Waals surface area contributed by atoms with Crippen LogP contribution >= 0.6 is 0 Å². The van der Waals surface area contributed by atoms with Crippen LogP contribution in [0.1, 0.15) is 35.2 Å². The van der Waals surface area contributed by atoms with E-state index in [-0.39, 0.29) is 11.3 Å². The van der Waals surface area contributed by atoms with Gasteiger partial charge in [-0.2, -0.15) is 0 Å². The fourth-order valence-electron chi connectivity index (χ4n) is 4.19. The highest BCUT2D eigenvalue weighted by Gasteiger charge is 2.47. The molecular formula is C23H27N4O4+. The Kier molecular flexibility index (Phi) is 5.41. The SMILES string of the molecule is Cc1nc2c(C)cccn2c1C(O)=C1C(=O)C(=O)N(CCC[NH+](C)C)[C@H]1c1ccco1. The molecule has 2 N–H and O–H groups in total. The first-order valence-corrected chi connectivity index (χ1v) is 10.4. The topological polar surface area (TPSA) is 92.5 Å². The third-order valence-electron chi connectivity index (χ3n) is 5.67. The van der Waals surface area contributed by atoms with Crippen LogP contribution in [0.15, 0.2) is 46.7 Å². The van der Waals surface area contributed by atoms with Crippen molar-refractivity contribution >= 4 is 23.1 Å². The van der Waals surface area contributed by atoms with E-state index in [4.69, 9.17) is 4.42 Å². The fourth-order valence-corrected chi connectivity index (χ4v) is 4.19. The number of furan rings is 1. The fraction of sp³-hybridized carbons (Fsp3) is 0.348. The standard InChI is InChI=1S/C23H26N4O4/c1-14-8-5-11-26-18(15(2)24-22(14)26)20(28)17-19(16-9-6-13-31-16)27(23(30)21(17)29)12-7-10-25(3)4/h5-6,8-9,11,13,19,28H,7,10,12H2,1-4H3/p+1/t19-/m0/s1. The summed E-state index contributed by atoms with van der Waals surface area (Å²) < 4.78 is 7.34. The van der Waals surface area contributed by atoms with E-state index in [1.807, 2.05) is 33.2 Å². The van der Waals surface area contributed by atoms with Crippen molar-refractivity contribution in [2.24, 2.45) is 0 Å². The molecule has 1 aliphatic heterocycles. The number of fused-ring (bicyclic) bond motifs is 1. The normalized spacial score (nSPS) is 18.6. The summed E-state index contributed by atoms with van der Waals surface area (Å²) in [6.07, 6.45) is 4.01. The maximum absolute atomic E-state index is 13.1. The van der Waals surface area contributed by atoms with E-state index < -0.39 is 17.7 Å². The lowest BCUT2D eigenvalue weighted by Gasteiger charge is -2.23. The molecule has 1 saturated heterocycles. The number of pyridine rings is 1. The van der Waals surface area contributed by atoms with Gasteiger partial charge in [0.25, 0.3) is 11.7 Å². The second kappa shape index (κ2) is 8.03. The largest absolute Gasteiger partial charge is 0.505 e. The number of aliphatic hydroxyl groups is 1. The van der Waals surface area contributed by atoms with E-state index in [2.05, 4.69) is 4.98 Å². The van der Waals surface area contributed by atoms with Crippen LogP contribution in [0.3, 0.4) is 0 Å². The maximum Gasteiger partial charge on any atom is 0.295 e. The molecule has 8 nitrogen and oxygen atoms in total. The van der Waals surface area contributed by atoms with E-state index in [0.29, 0.717) is 29.3 Å². The Hall–Kier alpha value is -3.39. The Morgan fingerprint density at radius 2 is 2.00 bits per heavy atom. The van der Waals surface area contributed by atoms with E-state index in [1.54, 1.807) is 29.7 Å². The second-order valence-corrected chi connectivity index (χ2v) is 8.25. The minimum absolute atomic E-state index is 0.0311. The Balaban J connectivity index is 1.86. The first-order valence-electron chi connectivity index (χ1n) is 10.4. The Labute approximate surface area is 180 Å². The number of carbonyl (C=O) groups is 2. The van der Waals surface area contributed by atoms with Crippen molar-refractivity contribution in [3.8, 4) is 0 Å². The molecule has 0 spiro atoms. The van der Waals surface area contributed by atoms with Crippen LogP contribution in [0.2, 0.25) is 0 Å². The van der Waals surface area contributed by atoms with E-state index >= 15 is 0 Å². The lowest BCUT2D eigenvalue weighted by molar-refractivity contribution is -0.858. The van der Waals surface area contributed by atoms with Gasteiger partial charge in [0, 0.05) is 19.2 Å². The van der Waals surface area contributed by atoms with Crippen molar-refractivity contribution in [3.05, 3.63) is 65.0 Å². The minimum atomic E-state index is -0.776. The molecule has 1 amide bonds. The highest BCUT2D eigenvalue weighted by atomic mass is 16.3. The monoisotopic (exact) mass is 423 g/mol. The van der Waals surface area contributed by atoms with Crippen molar-refractivity contribution < 1.29 is 24.0 Å². The number of rotatable bonds is 6. The number of hydrogen-bond acceptors (Lipinski definition) is 5. The van der Waals surface area contributed by atoms with Gasteiger partial charge in [-0.05, 0) is 37.6 Å². The number of hydrogen-bond donors (Lipinski definition) is 2. The van der Waals surface area contributed by atoms with Gasteiger partial charge < -0.3 is 19.3 Å².